The smallest absolute Gasteiger partial charge is 0.243 e. The summed E-state index contributed by atoms with van der Waals surface area (Å²) in [4.78, 5) is 11.8. The molecule has 3 aromatic carbocycles. The number of methoxy groups -OCH3 is 1. The summed E-state index contributed by atoms with van der Waals surface area (Å²) in [5, 5.41) is 5.56. The number of rotatable bonds is 6. The van der Waals surface area contributed by atoms with Crippen molar-refractivity contribution >= 4 is 38.2 Å². The van der Waals surface area contributed by atoms with E-state index >= 15 is 0 Å². The van der Waals surface area contributed by atoms with Crippen LogP contribution >= 0.6 is 0 Å². The highest BCUT2D eigenvalue weighted by molar-refractivity contribution is 7.89. The minimum absolute atomic E-state index is 0.389. The van der Waals surface area contributed by atoms with Crippen molar-refractivity contribution in [2.24, 2.45) is 0 Å². The van der Waals surface area contributed by atoms with Crippen molar-refractivity contribution in [1.29, 1.82) is 0 Å². The molecular formula is C28H29N5O3S. The first-order chi connectivity index (χ1) is 17.9. The number of hydrogen-bond donors (Lipinski definition) is 1. The fourth-order valence-electron chi connectivity index (χ4n) is 5.32. The van der Waals surface area contributed by atoms with Crippen LogP contribution in [0.2, 0.25) is 0 Å². The lowest BCUT2D eigenvalue weighted by molar-refractivity contribution is 0.382. The molecule has 2 aliphatic rings. The predicted octanol–water partition coefficient (Wildman–Crippen LogP) is 4.30. The van der Waals surface area contributed by atoms with Gasteiger partial charge < -0.3 is 15.0 Å². The van der Waals surface area contributed by atoms with Crippen LogP contribution in [0.15, 0.2) is 65.6 Å². The Morgan fingerprint density at radius 1 is 0.919 bits per heavy atom. The van der Waals surface area contributed by atoms with Crippen molar-refractivity contribution in [1.82, 2.24) is 14.3 Å². The first-order valence-electron chi connectivity index (χ1n) is 12.5. The van der Waals surface area contributed by atoms with Gasteiger partial charge in [0.15, 0.2) is 0 Å². The van der Waals surface area contributed by atoms with Gasteiger partial charge in [0.05, 0.1) is 12.0 Å². The third-order valence-electron chi connectivity index (χ3n) is 7.18. The zero-order valence-corrected chi connectivity index (χ0v) is 21.8. The zero-order chi connectivity index (χ0) is 25.6. The number of sulfonamides is 1. The van der Waals surface area contributed by atoms with Gasteiger partial charge in [-0.3, -0.25) is 0 Å². The maximum atomic E-state index is 13.7. The quantitative estimate of drug-likeness (QED) is 0.410. The van der Waals surface area contributed by atoms with Crippen LogP contribution in [0.5, 0.6) is 5.75 Å². The number of aromatic nitrogens is 2. The lowest BCUT2D eigenvalue weighted by Gasteiger charge is -2.34. The summed E-state index contributed by atoms with van der Waals surface area (Å²) in [6.45, 7) is 3.76. The van der Waals surface area contributed by atoms with Gasteiger partial charge in [-0.1, -0.05) is 24.3 Å². The van der Waals surface area contributed by atoms with Crippen LogP contribution in [0.1, 0.15) is 16.8 Å². The summed E-state index contributed by atoms with van der Waals surface area (Å²) in [6, 6.07) is 19.5. The first-order valence-corrected chi connectivity index (χ1v) is 13.9. The third-order valence-corrected chi connectivity index (χ3v) is 9.17. The molecular weight excluding hydrogens is 486 g/mol. The van der Waals surface area contributed by atoms with Crippen molar-refractivity contribution in [3.63, 3.8) is 0 Å². The topological polar surface area (TPSA) is 87.7 Å². The van der Waals surface area contributed by atoms with Gasteiger partial charge in [0.1, 0.15) is 11.6 Å². The van der Waals surface area contributed by atoms with Crippen molar-refractivity contribution in [3.05, 3.63) is 77.5 Å². The van der Waals surface area contributed by atoms with Crippen molar-refractivity contribution < 1.29 is 13.2 Å². The molecule has 1 fully saturated rings. The molecule has 0 spiro atoms. The van der Waals surface area contributed by atoms with Crippen molar-refractivity contribution in [2.75, 3.05) is 43.5 Å². The number of hydrogen-bond acceptors (Lipinski definition) is 7. The molecule has 0 unspecified atom stereocenters. The normalized spacial score (nSPS) is 15.8. The van der Waals surface area contributed by atoms with Gasteiger partial charge in [-0.2, -0.15) is 9.29 Å². The van der Waals surface area contributed by atoms with Crippen LogP contribution in [0.3, 0.4) is 0 Å². The molecule has 0 bridgehead atoms. The van der Waals surface area contributed by atoms with E-state index in [0.29, 0.717) is 42.8 Å². The Labute approximate surface area is 217 Å². The van der Waals surface area contributed by atoms with E-state index in [1.807, 2.05) is 49.4 Å². The minimum atomic E-state index is -3.59. The van der Waals surface area contributed by atoms with E-state index in [4.69, 9.17) is 9.72 Å². The van der Waals surface area contributed by atoms with Crippen LogP contribution in [0.4, 0.5) is 17.5 Å². The summed E-state index contributed by atoms with van der Waals surface area (Å²) in [6.07, 6.45) is 1.66. The molecule has 2 heterocycles. The molecule has 1 saturated heterocycles. The van der Waals surface area contributed by atoms with Gasteiger partial charge >= 0.3 is 0 Å². The Hall–Kier alpha value is -3.69. The molecule has 8 nitrogen and oxygen atoms in total. The molecule has 1 aliphatic heterocycles. The second-order valence-corrected chi connectivity index (χ2v) is 11.4. The molecule has 0 saturated carbocycles. The largest absolute Gasteiger partial charge is 0.497 e. The van der Waals surface area contributed by atoms with Gasteiger partial charge in [-0.25, -0.2) is 13.4 Å². The number of benzene rings is 3. The van der Waals surface area contributed by atoms with Gasteiger partial charge in [-0.05, 0) is 72.0 Å². The molecule has 1 aromatic heterocycles. The third kappa shape index (κ3) is 4.38. The average molecular weight is 516 g/mol. The average Bonchev–Trinajstić information content (AvgIpc) is 3.34. The number of nitrogens with zero attached hydrogens (tertiary/aromatic N) is 4. The highest BCUT2D eigenvalue weighted by Gasteiger charge is 2.33. The Balaban J connectivity index is 1.19. The van der Waals surface area contributed by atoms with E-state index in [2.05, 4.69) is 27.3 Å². The molecule has 0 atom stereocenters. The molecule has 0 radical (unpaired) electrons. The number of anilines is 3. The highest BCUT2D eigenvalue weighted by Crippen LogP contribution is 2.36. The number of piperazine rings is 1. The summed E-state index contributed by atoms with van der Waals surface area (Å²) < 4.78 is 34.2. The fraction of sp³-hybridized carbons (Fsp3) is 0.286. The molecule has 1 aliphatic carbocycles. The second kappa shape index (κ2) is 9.32. The van der Waals surface area contributed by atoms with E-state index in [0.717, 1.165) is 46.3 Å². The molecule has 1 N–H and O–H groups in total. The molecule has 0 amide bonds. The van der Waals surface area contributed by atoms with Gasteiger partial charge in [0, 0.05) is 43.6 Å². The summed E-state index contributed by atoms with van der Waals surface area (Å²) in [5.74, 6) is 2.08. The van der Waals surface area contributed by atoms with E-state index in [1.165, 1.54) is 5.56 Å². The minimum Gasteiger partial charge on any atom is -0.497 e. The van der Waals surface area contributed by atoms with Crippen molar-refractivity contribution in [2.45, 2.75) is 24.7 Å². The SMILES string of the molecule is COc1ccc(Nc2cc(C)nc(N3CCN(S(=O)(=O)c4ccc5cccc6c5c4CC6)CC3)n2)cc1. The van der Waals surface area contributed by atoms with Crippen LogP contribution < -0.4 is 15.0 Å². The summed E-state index contributed by atoms with van der Waals surface area (Å²) in [5.41, 5.74) is 3.94. The lowest BCUT2D eigenvalue weighted by atomic mass is 10.1. The second-order valence-electron chi connectivity index (χ2n) is 9.50. The molecule has 9 heteroatoms. The Kier molecular flexibility index (Phi) is 5.97. The van der Waals surface area contributed by atoms with Crippen LogP contribution in [0.25, 0.3) is 10.8 Å². The van der Waals surface area contributed by atoms with Gasteiger partial charge in [0.2, 0.25) is 16.0 Å². The van der Waals surface area contributed by atoms with Gasteiger partial charge in [-0.15, -0.1) is 0 Å². The van der Waals surface area contributed by atoms with E-state index in [1.54, 1.807) is 17.5 Å². The monoisotopic (exact) mass is 515 g/mol. The van der Waals surface area contributed by atoms with E-state index in [9.17, 15) is 8.42 Å². The first kappa shape index (κ1) is 23.7. The Bertz CT molecular complexity index is 1580. The van der Waals surface area contributed by atoms with Crippen LogP contribution in [-0.4, -0.2) is 56.0 Å². The predicted molar refractivity (Wildman–Crippen MR) is 145 cm³/mol. The summed E-state index contributed by atoms with van der Waals surface area (Å²) >= 11 is 0. The van der Waals surface area contributed by atoms with E-state index < -0.39 is 10.0 Å². The Morgan fingerprint density at radius 2 is 1.70 bits per heavy atom. The summed E-state index contributed by atoms with van der Waals surface area (Å²) in [7, 11) is -1.95. The lowest BCUT2D eigenvalue weighted by Crippen LogP contribution is -2.49. The number of aryl methyl sites for hydroxylation is 3. The molecule has 190 valence electrons. The number of ether oxygens (including phenoxy) is 1. The van der Waals surface area contributed by atoms with Crippen LogP contribution in [-0.2, 0) is 22.9 Å². The molecule has 4 aromatic rings. The van der Waals surface area contributed by atoms with E-state index in [-0.39, 0.29) is 0 Å². The van der Waals surface area contributed by atoms with Crippen molar-refractivity contribution in [3.8, 4) is 5.75 Å². The zero-order valence-electron chi connectivity index (χ0n) is 20.9. The highest BCUT2D eigenvalue weighted by atomic mass is 32.2. The van der Waals surface area contributed by atoms with Crippen LogP contribution in [0, 0.1) is 6.92 Å². The molecule has 37 heavy (non-hydrogen) atoms. The number of nitrogens with one attached hydrogen (secondary N) is 1. The maximum Gasteiger partial charge on any atom is 0.243 e. The maximum absolute atomic E-state index is 13.7. The Morgan fingerprint density at radius 3 is 2.46 bits per heavy atom. The molecule has 6 rings (SSSR count). The standard InChI is InChI=1S/C28H29N5O3S/c1-19-18-26(30-22-8-10-23(36-2)11-9-22)31-28(29-19)32-14-16-33(17-15-32)37(34,35)25-13-7-21-5-3-4-20-6-12-24(25)27(20)21/h3-5,7-11,13,18H,6,12,14-17H2,1-2H3,(H,29,30,31). The fourth-order valence-corrected chi connectivity index (χ4v) is 7.00. The van der Waals surface area contributed by atoms with Gasteiger partial charge in [0.25, 0.3) is 0 Å².